The second kappa shape index (κ2) is 9.96. The van der Waals surface area contributed by atoms with Crippen molar-refractivity contribution in [2.45, 2.75) is 0 Å². The maximum Gasteiger partial charge on any atom is 0.343 e. The number of esters is 1. The van der Waals surface area contributed by atoms with Crippen molar-refractivity contribution >= 4 is 46.7 Å². The molecule has 7 nitrogen and oxygen atoms in total. The lowest BCUT2D eigenvalue weighted by Gasteiger charge is -2.17. The van der Waals surface area contributed by atoms with Gasteiger partial charge in [0.25, 0.3) is 5.91 Å². The third kappa shape index (κ3) is 6.14. The molecule has 2 aromatic rings. The van der Waals surface area contributed by atoms with E-state index < -0.39 is 11.9 Å². The summed E-state index contributed by atoms with van der Waals surface area (Å²) in [4.78, 5) is 37.1. The molecule has 0 aliphatic heterocycles. The van der Waals surface area contributed by atoms with Crippen LogP contribution in [0, 0.1) is 0 Å². The topological polar surface area (TPSA) is 84.9 Å². The van der Waals surface area contributed by atoms with Crippen LogP contribution in [-0.2, 0) is 14.3 Å². The molecule has 148 valence electrons. The van der Waals surface area contributed by atoms with Crippen LogP contribution in [0.1, 0.15) is 10.4 Å². The van der Waals surface area contributed by atoms with Gasteiger partial charge in [-0.15, -0.1) is 0 Å². The van der Waals surface area contributed by atoms with Gasteiger partial charge in [0.1, 0.15) is 5.75 Å². The van der Waals surface area contributed by atoms with E-state index in [1.807, 2.05) is 0 Å². The molecule has 0 bridgehead atoms. The van der Waals surface area contributed by atoms with Crippen LogP contribution in [0.25, 0.3) is 0 Å². The molecule has 0 fully saturated rings. The first-order valence-electron chi connectivity index (χ1n) is 8.10. The SMILES string of the molecule is COC(=O)COc1cccc(C(=O)N(C)CC(=O)Nc2ccc(Cl)c(Cl)c2)c1. The Morgan fingerprint density at radius 1 is 1.07 bits per heavy atom. The monoisotopic (exact) mass is 424 g/mol. The summed E-state index contributed by atoms with van der Waals surface area (Å²) in [6.45, 7) is -0.442. The summed E-state index contributed by atoms with van der Waals surface area (Å²) >= 11 is 11.8. The molecule has 0 radical (unpaired) electrons. The van der Waals surface area contributed by atoms with Crippen LogP contribution >= 0.6 is 23.2 Å². The number of carbonyl (C=O) groups is 3. The summed E-state index contributed by atoms with van der Waals surface area (Å²) in [5.74, 6) is -0.974. The van der Waals surface area contributed by atoms with Crippen molar-refractivity contribution < 1.29 is 23.9 Å². The minimum absolute atomic E-state index is 0.174. The van der Waals surface area contributed by atoms with E-state index >= 15 is 0 Å². The predicted octanol–water partition coefficient (Wildman–Crippen LogP) is 3.26. The van der Waals surface area contributed by atoms with Gasteiger partial charge in [-0.05, 0) is 36.4 Å². The van der Waals surface area contributed by atoms with Gasteiger partial charge in [-0.25, -0.2) is 4.79 Å². The third-order valence-electron chi connectivity index (χ3n) is 3.60. The van der Waals surface area contributed by atoms with Gasteiger partial charge in [0.15, 0.2) is 6.61 Å². The summed E-state index contributed by atoms with van der Waals surface area (Å²) in [5.41, 5.74) is 0.783. The molecule has 0 saturated heterocycles. The maximum absolute atomic E-state index is 12.5. The molecule has 9 heteroatoms. The molecular formula is C19H18Cl2N2O5. The van der Waals surface area contributed by atoms with Crippen LogP contribution in [0.15, 0.2) is 42.5 Å². The molecule has 1 N–H and O–H groups in total. The molecule has 2 aromatic carbocycles. The van der Waals surface area contributed by atoms with E-state index in [0.717, 1.165) is 0 Å². The highest BCUT2D eigenvalue weighted by molar-refractivity contribution is 6.42. The highest BCUT2D eigenvalue weighted by Crippen LogP contribution is 2.25. The number of rotatable bonds is 7. The fourth-order valence-corrected chi connectivity index (χ4v) is 2.50. The number of amides is 2. The predicted molar refractivity (Wildman–Crippen MR) is 106 cm³/mol. The molecule has 0 atom stereocenters. The summed E-state index contributed by atoms with van der Waals surface area (Å²) in [5, 5.41) is 3.33. The number of methoxy groups -OCH3 is 1. The highest BCUT2D eigenvalue weighted by atomic mass is 35.5. The quantitative estimate of drug-likeness (QED) is 0.689. The molecule has 0 aliphatic carbocycles. The number of likely N-dealkylation sites (N-methyl/N-ethyl adjacent to an activating group) is 1. The fraction of sp³-hybridized carbons (Fsp3) is 0.211. The molecule has 2 rings (SSSR count). The fourth-order valence-electron chi connectivity index (χ4n) is 2.20. The van der Waals surface area contributed by atoms with Gasteiger partial charge in [0, 0.05) is 18.3 Å². The van der Waals surface area contributed by atoms with E-state index in [1.54, 1.807) is 30.3 Å². The first-order valence-corrected chi connectivity index (χ1v) is 8.85. The zero-order valence-corrected chi connectivity index (χ0v) is 16.7. The van der Waals surface area contributed by atoms with Crippen LogP contribution in [0.2, 0.25) is 10.0 Å². The van der Waals surface area contributed by atoms with Crippen molar-refractivity contribution in [3.8, 4) is 5.75 Å². The Balaban J connectivity index is 1.96. The van der Waals surface area contributed by atoms with Crippen molar-refractivity contribution in [1.29, 1.82) is 0 Å². The van der Waals surface area contributed by atoms with Crippen molar-refractivity contribution in [2.24, 2.45) is 0 Å². The lowest BCUT2D eigenvalue weighted by atomic mass is 10.2. The van der Waals surface area contributed by atoms with E-state index in [2.05, 4.69) is 10.1 Å². The zero-order chi connectivity index (χ0) is 20.7. The molecule has 0 aromatic heterocycles. The number of nitrogens with one attached hydrogen (secondary N) is 1. The van der Waals surface area contributed by atoms with Gasteiger partial charge in [-0.3, -0.25) is 9.59 Å². The first-order chi connectivity index (χ1) is 13.3. The van der Waals surface area contributed by atoms with Crippen LogP contribution in [-0.4, -0.2) is 50.0 Å². The first kappa shape index (κ1) is 21.5. The molecule has 0 unspecified atom stereocenters. The van der Waals surface area contributed by atoms with Gasteiger partial charge in [-0.2, -0.15) is 0 Å². The molecule has 0 aliphatic rings. The maximum atomic E-state index is 12.5. The number of benzene rings is 2. The van der Waals surface area contributed by atoms with Crippen LogP contribution in [0.4, 0.5) is 5.69 Å². The molecule has 0 spiro atoms. The van der Waals surface area contributed by atoms with Crippen LogP contribution in [0.5, 0.6) is 5.75 Å². The third-order valence-corrected chi connectivity index (χ3v) is 4.34. The number of nitrogens with zero attached hydrogens (tertiary/aromatic N) is 1. The summed E-state index contributed by atoms with van der Waals surface area (Å²) in [7, 11) is 2.75. The minimum Gasteiger partial charge on any atom is -0.482 e. The van der Waals surface area contributed by atoms with Crippen molar-refractivity contribution in [2.75, 3.05) is 32.6 Å². The Kier molecular flexibility index (Phi) is 7.66. The smallest absolute Gasteiger partial charge is 0.343 e. The number of anilines is 1. The number of hydrogen-bond donors (Lipinski definition) is 1. The van der Waals surface area contributed by atoms with E-state index in [9.17, 15) is 14.4 Å². The van der Waals surface area contributed by atoms with Gasteiger partial charge < -0.3 is 19.7 Å². The van der Waals surface area contributed by atoms with Gasteiger partial charge in [0.2, 0.25) is 5.91 Å². The van der Waals surface area contributed by atoms with Gasteiger partial charge in [0.05, 0.1) is 23.7 Å². The minimum atomic E-state index is -0.534. The van der Waals surface area contributed by atoms with E-state index in [1.165, 1.54) is 31.2 Å². The molecule has 0 heterocycles. The van der Waals surface area contributed by atoms with E-state index in [4.69, 9.17) is 27.9 Å². The standard InChI is InChI=1S/C19H18Cl2N2O5/c1-23(10-17(24)22-13-6-7-15(20)16(21)9-13)19(26)12-4-3-5-14(8-12)28-11-18(25)27-2/h3-9H,10-11H2,1-2H3,(H,22,24). The number of halogens is 2. The molecule has 0 saturated carbocycles. The Morgan fingerprint density at radius 3 is 2.50 bits per heavy atom. The second-order valence-corrected chi connectivity index (χ2v) is 6.55. The van der Waals surface area contributed by atoms with Crippen LogP contribution < -0.4 is 10.1 Å². The average Bonchev–Trinajstić information content (AvgIpc) is 2.68. The second-order valence-electron chi connectivity index (χ2n) is 5.73. The normalized spacial score (nSPS) is 10.1. The largest absolute Gasteiger partial charge is 0.482 e. The van der Waals surface area contributed by atoms with Crippen molar-refractivity contribution in [3.05, 3.63) is 58.1 Å². The van der Waals surface area contributed by atoms with Crippen molar-refractivity contribution in [3.63, 3.8) is 0 Å². The zero-order valence-electron chi connectivity index (χ0n) is 15.2. The lowest BCUT2D eigenvalue weighted by Crippen LogP contribution is -2.34. The lowest BCUT2D eigenvalue weighted by molar-refractivity contribution is -0.142. The Morgan fingerprint density at radius 2 is 1.82 bits per heavy atom. The number of carbonyl (C=O) groups excluding carboxylic acids is 3. The highest BCUT2D eigenvalue weighted by Gasteiger charge is 2.16. The Bertz CT molecular complexity index is 888. The summed E-state index contributed by atoms with van der Waals surface area (Å²) in [6.07, 6.45) is 0. The number of ether oxygens (including phenoxy) is 2. The number of hydrogen-bond acceptors (Lipinski definition) is 5. The summed E-state index contributed by atoms with van der Waals surface area (Å²) < 4.78 is 9.76. The van der Waals surface area contributed by atoms with E-state index in [-0.39, 0.29) is 19.1 Å². The van der Waals surface area contributed by atoms with Gasteiger partial charge >= 0.3 is 5.97 Å². The summed E-state index contributed by atoms with van der Waals surface area (Å²) in [6, 6.07) is 11.0. The molecule has 2 amide bonds. The Labute approximate surface area is 172 Å². The van der Waals surface area contributed by atoms with Crippen molar-refractivity contribution in [1.82, 2.24) is 4.90 Å². The Hall–Kier alpha value is -2.77. The molecule has 28 heavy (non-hydrogen) atoms. The molecular weight excluding hydrogens is 407 g/mol. The van der Waals surface area contributed by atoms with Gasteiger partial charge in [-0.1, -0.05) is 29.3 Å². The average molecular weight is 425 g/mol. The van der Waals surface area contributed by atoms with E-state index in [0.29, 0.717) is 27.0 Å². The van der Waals surface area contributed by atoms with Crippen LogP contribution in [0.3, 0.4) is 0 Å².